The summed E-state index contributed by atoms with van der Waals surface area (Å²) in [5.41, 5.74) is 4.73. The number of carbonyl (C=O) groups is 1. The van der Waals surface area contributed by atoms with E-state index in [0.717, 1.165) is 5.56 Å². The zero-order chi connectivity index (χ0) is 9.47. The van der Waals surface area contributed by atoms with E-state index in [1.54, 1.807) is 12.1 Å². The van der Waals surface area contributed by atoms with Crippen LogP contribution in [0.25, 0.3) is 0 Å². The second-order valence-electron chi connectivity index (χ2n) is 3.01. The number of aliphatic carboxylic acids is 1. The molecule has 4 nitrogen and oxygen atoms in total. The number of hydrogen-bond acceptors (Lipinski definition) is 3. The van der Waals surface area contributed by atoms with Crippen molar-refractivity contribution in [1.29, 1.82) is 0 Å². The number of epoxide rings is 1. The molecule has 0 aromatic heterocycles. The fourth-order valence-corrected chi connectivity index (χ4v) is 1.27. The molecule has 0 bridgehead atoms. The van der Waals surface area contributed by atoms with E-state index in [4.69, 9.17) is 15.6 Å². The first-order chi connectivity index (χ1) is 6.14. The lowest BCUT2D eigenvalue weighted by Gasteiger charge is -1.98. The third-order valence-electron chi connectivity index (χ3n) is 2.08. The highest BCUT2D eigenvalue weighted by Crippen LogP contribution is 2.45. The summed E-state index contributed by atoms with van der Waals surface area (Å²) in [6, 6.07) is 9.08. The number of nitrogens with two attached hydrogens (primary N) is 1. The van der Waals surface area contributed by atoms with Gasteiger partial charge in [0, 0.05) is 0 Å². The topological polar surface area (TPSA) is 75.9 Å². The molecule has 1 aliphatic heterocycles. The predicted molar refractivity (Wildman–Crippen MR) is 44.8 cm³/mol. The highest BCUT2D eigenvalue weighted by molar-refractivity contribution is 5.81. The molecule has 2 rings (SSSR count). The summed E-state index contributed by atoms with van der Waals surface area (Å²) >= 11 is 0. The first kappa shape index (κ1) is 8.22. The zero-order valence-electron chi connectivity index (χ0n) is 6.81. The SMILES string of the molecule is NC1(C(=O)O)OC1c1ccccc1. The van der Waals surface area contributed by atoms with Crippen LogP contribution in [0.1, 0.15) is 11.7 Å². The Morgan fingerprint density at radius 3 is 2.54 bits per heavy atom. The van der Waals surface area contributed by atoms with Gasteiger partial charge in [0.15, 0.2) is 0 Å². The maximum Gasteiger partial charge on any atom is 0.354 e. The van der Waals surface area contributed by atoms with Crippen molar-refractivity contribution in [3.8, 4) is 0 Å². The van der Waals surface area contributed by atoms with Crippen molar-refractivity contribution in [2.45, 2.75) is 11.8 Å². The van der Waals surface area contributed by atoms with Crippen LogP contribution in [0.3, 0.4) is 0 Å². The van der Waals surface area contributed by atoms with Gasteiger partial charge >= 0.3 is 5.97 Å². The molecular weight excluding hydrogens is 170 g/mol. The maximum atomic E-state index is 10.6. The Labute approximate surface area is 74.9 Å². The van der Waals surface area contributed by atoms with Crippen LogP contribution in [0.2, 0.25) is 0 Å². The molecule has 13 heavy (non-hydrogen) atoms. The third-order valence-corrected chi connectivity index (χ3v) is 2.08. The number of carboxylic acids is 1. The quantitative estimate of drug-likeness (QED) is 0.648. The Morgan fingerprint density at radius 1 is 1.46 bits per heavy atom. The van der Waals surface area contributed by atoms with Gasteiger partial charge in [-0.25, -0.2) is 4.79 Å². The van der Waals surface area contributed by atoms with Crippen molar-refractivity contribution in [2.75, 3.05) is 0 Å². The molecule has 1 saturated heterocycles. The molecule has 1 heterocycles. The number of hydrogen-bond donors (Lipinski definition) is 2. The summed E-state index contributed by atoms with van der Waals surface area (Å²) in [7, 11) is 0. The van der Waals surface area contributed by atoms with Crippen LogP contribution < -0.4 is 5.73 Å². The summed E-state index contributed by atoms with van der Waals surface area (Å²) in [4.78, 5) is 10.6. The van der Waals surface area contributed by atoms with Gasteiger partial charge in [0.1, 0.15) is 6.10 Å². The van der Waals surface area contributed by atoms with Crippen molar-refractivity contribution in [2.24, 2.45) is 5.73 Å². The molecule has 2 unspecified atom stereocenters. The largest absolute Gasteiger partial charge is 0.478 e. The van der Waals surface area contributed by atoms with Gasteiger partial charge in [-0.3, -0.25) is 5.73 Å². The Morgan fingerprint density at radius 2 is 2.08 bits per heavy atom. The van der Waals surface area contributed by atoms with E-state index in [9.17, 15) is 4.79 Å². The molecule has 1 fully saturated rings. The van der Waals surface area contributed by atoms with Gasteiger partial charge in [-0.2, -0.15) is 0 Å². The van der Waals surface area contributed by atoms with Crippen molar-refractivity contribution < 1.29 is 14.6 Å². The monoisotopic (exact) mass is 179 g/mol. The molecule has 1 aromatic rings. The Bertz CT molecular complexity index is 338. The molecule has 0 radical (unpaired) electrons. The predicted octanol–water partition coefficient (Wildman–Crippen LogP) is 0.497. The first-order valence-electron chi connectivity index (χ1n) is 3.89. The van der Waals surface area contributed by atoms with E-state index in [2.05, 4.69) is 0 Å². The van der Waals surface area contributed by atoms with E-state index >= 15 is 0 Å². The summed E-state index contributed by atoms with van der Waals surface area (Å²) in [6.07, 6.45) is -0.508. The Kier molecular flexibility index (Phi) is 1.61. The fourth-order valence-electron chi connectivity index (χ4n) is 1.27. The first-order valence-corrected chi connectivity index (χ1v) is 3.89. The second kappa shape index (κ2) is 2.55. The molecule has 0 amide bonds. The van der Waals surface area contributed by atoms with Crippen molar-refractivity contribution in [1.82, 2.24) is 0 Å². The fraction of sp³-hybridized carbons (Fsp3) is 0.222. The van der Waals surface area contributed by atoms with Crippen LogP contribution in [0.15, 0.2) is 30.3 Å². The minimum atomic E-state index is -1.51. The van der Waals surface area contributed by atoms with Crippen LogP contribution in [-0.4, -0.2) is 16.8 Å². The molecule has 0 aliphatic carbocycles. The molecule has 1 aliphatic rings. The molecular formula is C9H9NO3. The standard InChI is InChI=1S/C9H9NO3/c10-9(8(11)12)7(13-9)6-4-2-1-3-5-6/h1-5,7H,10H2,(H,11,12). The highest BCUT2D eigenvalue weighted by Gasteiger charge is 2.61. The lowest BCUT2D eigenvalue weighted by atomic mass is 10.1. The van der Waals surface area contributed by atoms with Gasteiger partial charge in [0.2, 0.25) is 5.72 Å². The van der Waals surface area contributed by atoms with Crippen molar-refractivity contribution in [3.05, 3.63) is 35.9 Å². The Balaban J connectivity index is 2.21. The zero-order valence-corrected chi connectivity index (χ0v) is 6.81. The molecule has 0 saturated carbocycles. The normalized spacial score (nSPS) is 31.3. The van der Waals surface area contributed by atoms with Gasteiger partial charge < -0.3 is 9.84 Å². The molecule has 2 atom stereocenters. The second-order valence-corrected chi connectivity index (χ2v) is 3.01. The maximum absolute atomic E-state index is 10.6. The molecule has 1 aromatic carbocycles. The third kappa shape index (κ3) is 1.20. The molecule has 68 valence electrons. The lowest BCUT2D eigenvalue weighted by molar-refractivity contribution is -0.143. The van der Waals surface area contributed by atoms with Crippen molar-refractivity contribution >= 4 is 5.97 Å². The van der Waals surface area contributed by atoms with E-state index in [1.807, 2.05) is 18.2 Å². The van der Waals surface area contributed by atoms with Gasteiger partial charge in [-0.05, 0) is 5.56 Å². The smallest absolute Gasteiger partial charge is 0.354 e. The lowest BCUT2D eigenvalue weighted by Crippen LogP contribution is -2.35. The average Bonchev–Trinajstić information content (AvgIpc) is 2.81. The summed E-state index contributed by atoms with van der Waals surface area (Å²) < 4.78 is 4.93. The molecule has 3 N–H and O–H groups in total. The number of rotatable bonds is 2. The summed E-state index contributed by atoms with van der Waals surface area (Å²) in [5, 5.41) is 8.69. The minimum absolute atomic E-state index is 0.508. The van der Waals surface area contributed by atoms with Crippen LogP contribution in [0.4, 0.5) is 0 Å². The number of carboxylic acid groups (broad SMARTS) is 1. The van der Waals surface area contributed by atoms with Crippen LogP contribution in [0, 0.1) is 0 Å². The minimum Gasteiger partial charge on any atom is -0.478 e. The van der Waals surface area contributed by atoms with Gasteiger partial charge in [0.25, 0.3) is 0 Å². The molecule has 0 spiro atoms. The van der Waals surface area contributed by atoms with Crippen LogP contribution in [0.5, 0.6) is 0 Å². The van der Waals surface area contributed by atoms with Crippen LogP contribution in [-0.2, 0) is 9.53 Å². The van der Waals surface area contributed by atoms with E-state index in [0.29, 0.717) is 0 Å². The number of ether oxygens (including phenoxy) is 1. The van der Waals surface area contributed by atoms with Crippen molar-refractivity contribution in [3.63, 3.8) is 0 Å². The van der Waals surface area contributed by atoms with Gasteiger partial charge in [0.05, 0.1) is 0 Å². The van der Waals surface area contributed by atoms with Gasteiger partial charge in [-0.1, -0.05) is 30.3 Å². The van der Waals surface area contributed by atoms with Crippen LogP contribution >= 0.6 is 0 Å². The van der Waals surface area contributed by atoms with Gasteiger partial charge in [-0.15, -0.1) is 0 Å². The number of benzene rings is 1. The van der Waals surface area contributed by atoms with E-state index in [-0.39, 0.29) is 0 Å². The molecule has 4 heteroatoms. The van der Waals surface area contributed by atoms with E-state index < -0.39 is 17.8 Å². The summed E-state index contributed by atoms with van der Waals surface area (Å²) in [6.45, 7) is 0. The van der Waals surface area contributed by atoms with E-state index in [1.165, 1.54) is 0 Å². The Hall–Kier alpha value is -1.39. The summed E-state index contributed by atoms with van der Waals surface area (Å²) in [5.74, 6) is -1.12. The highest BCUT2D eigenvalue weighted by atomic mass is 16.6. The average molecular weight is 179 g/mol.